The molecular weight excluding hydrogens is 368 g/mol. The second-order valence-corrected chi connectivity index (χ2v) is 9.10. The minimum atomic E-state index is 0.936. The minimum absolute atomic E-state index is 0.936. The average Bonchev–Trinajstić information content (AvgIpc) is 3.36. The number of nitrogens with zero attached hydrogens (tertiary/aromatic N) is 3. The Kier molecular flexibility index (Phi) is 5.34. The number of aromatic amines is 1. The summed E-state index contributed by atoms with van der Waals surface area (Å²) in [7, 11) is 2.24. The van der Waals surface area contributed by atoms with Gasteiger partial charge in [-0.15, -0.1) is 0 Å². The molecule has 30 heavy (non-hydrogen) atoms. The molecule has 4 aromatic rings. The summed E-state index contributed by atoms with van der Waals surface area (Å²) in [5.74, 6) is 1.90. The number of unbranched alkanes of at least 4 members (excludes halogenated alkanes) is 1. The number of H-pyrrole nitrogens is 1. The second kappa shape index (κ2) is 8.27. The van der Waals surface area contributed by atoms with Gasteiger partial charge in [-0.2, -0.15) is 0 Å². The minimum Gasteiger partial charge on any atom is -0.347 e. The van der Waals surface area contributed by atoms with Crippen LogP contribution in [0.15, 0.2) is 48.7 Å². The van der Waals surface area contributed by atoms with E-state index in [4.69, 9.17) is 4.98 Å². The predicted molar refractivity (Wildman–Crippen MR) is 126 cm³/mol. The molecule has 156 valence electrons. The average molecular weight is 401 g/mol. The van der Waals surface area contributed by atoms with Gasteiger partial charge in [0.15, 0.2) is 0 Å². The van der Waals surface area contributed by atoms with Crippen molar-refractivity contribution in [1.82, 2.24) is 19.4 Å². The quantitative estimate of drug-likeness (QED) is 0.403. The molecule has 1 N–H and O–H groups in total. The molecule has 4 heteroatoms. The first kappa shape index (κ1) is 19.4. The van der Waals surface area contributed by atoms with Gasteiger partial charge in [-0.25, -0.2) is 4.98 Å². The van der Waals surface area contributed by atoms with Crippen LogP contribution < -0.4 is 0 Å². The van der Waals surface area contributed by atoms with E-state index in [1.807, 2.05) is 0 Å². The smallest absolute Gasteiger partial charge is 0.139 e. The van der Waals surface area contributed by atoms with Crippen LogP contribution in [0.1, 0.15) is 37.7 Å². The maximum absolute atomic E-state index is 4.85. The fourth-order valence-electron chi connectivity index (χ4n) is 4.94. The molecule has 5 rings (SSSR count). The lowest BCUT2D eigenvalue weighted by Gasteiger charge is -2.28. The first-order valence-electron chi connectivity index (χ1n) is 11.4. The van der Waals surface area contributed by atoms with E-state index in [0.29, 0.717) is 0 Å². The zero-order chi connectivity index (χ0) is 20.5. The van der Waals surface area contributed by atoms with Gasteiger partial charge in [-0.3, -0.25) is 0 Å². The molecule has 0 unspecified atom stereocenters. The standard InChI is InChI=1S/C26H32N4/c1-19-9-10-23-24(18-19)28-26(27-23)22-7-5-8-25-21(22)13-17-30(25)14-4-3-6-20-11-15-29(2)16-12-20/h5,7-10,13,17-18,20H,3-4,6,11-12,14-16H2,1-2H3,(H,27,28). The van der Waals surface area contributed by atoms with Gasteiger partial charge in [-0.1, -0.05) is 31.0 Å². The monoisotopic (exact) mass is 400 g/mol. The molecule has 0 amide bonds. The molecule has 0 aliphatic carbocycles. The summed E-state index contributed by atoms with van der Waals surface area (Å²) in [5, 5.41) is 1.28. The van der Waals surface area contributed by atoms with E-state index in [2.05, 4.69) is 77.1 Å². The Balaban J connectivity index is 1.29. The van der Waals surface area contributed by atoms with Crippen molar-refractivity contribution in [3.8, 4) is 11.4 Å². The number of likely N-dealkylation sites (tertiary alicyclic amines) is 1. The summed E-state index contributed by atoms with van der Waals surface area (Å²) in [6.07, 6.45) is 8.97. The van der Waals surface area contributed by atoms with Gasteiger partial charge in [0.05, 0.1) is 11.0 Å². The molecule has 1 fully saturated rings. The lowest BCUT2D eigenvalue weighted by atomic mass is 9.92. The highest BCUT2D eigenvalue weighted by atomic mass is 15.1. The number of hydrogen-bond donors (Lipinski definition) is 1. The number of benzene rings is 2. The van der Waals surface area contributed by atoms with Crippen molar-refractivity contribution in [2.45, 2.75) is 45.6 Å². The van der Waals surface area contributed by atoms with Crippen molar-refractivity contribution in [3.05, 3.63) is 54.2 Å². The highest BCUT2D eigenvalue weighted by Crippen LogP contribution is 2.30. The Morgan fingerprint density at radius 1 is 1.07 bits per heavy atom. The molecule has 2 aromatic heterocycles. The van der Waals surface area contributed by atoms with E-state index >= 15 is 0 Å². The van der Waals surface area contributed by atoms with E-state index in [-0.39, 0.29) is 0 Å². The van der Waals surface area contributed by atoms with Gasteiger partial charge in [0, 0.05) is 29.2 Å². The second-order valence-electron chi connectivity index (χ2n) is 9.10. The lowest BCUT2D eigenvalue weighted by Crippen LogP contribution is -2.30. The van der Waals surface area contributed by atoms with Crippen LogP contribution in [0, 0.1) is 12.8 Å². The van der Waals surface area contributed by atoms with Crippen LogP contribution >= 0.6 is 0 Å². The molecule has 1 aliphatic heterocycles. The van der Waals surface area contributed by atoms with E-state index in [1.165, 1.54) is 67.2 Å². The molecule has 0 radical (unpaired) electrons. The van der Waals surface area contributed by atoms with Crippen LogP contribution in [-0.2, 0) is 6.54 Å². The summed E-state index contributed by atoms with van der Waals surface area (Å²) in [6, 6.07) is 15.2. The number of hydrogen-bond acceptors (Lipinski definition) is 2. The van der Waals surface area contributed by atoms with Gasteiger partial charge in [0.2, 0.25) is 0 Å². The SMILES string of the molecule is Cc1ccc2nc(-c3cccc4c3ccn4CCCCC3CCN(C)CC3)[nH]c2c1. The molecule has 1 saturated heterocycles. The molecule has 0 saturated carbocycles. The number of piperidine rings is 1. The molecule has 0 atom stereocenters. The highest BCUT2D eigenvalue weighted by molar-refractivity contribution is 5.95. The summed E-state index contributed by atoms with van der Waals surface area (Å²) in [5.41, 5.74) is 5.88. The third-order valence-corrected chi connectivity index (χ3v) is 6.81. The van der Waals surface area contributed by atoms with Crippen LogP contribution in [0.3, 0.4) is 0 Å². The van der Waals surface area contributed by atoms with Crippen molar-refractivity contribution in [2.75, 3.05) is 20.1 Å². The van der Waals surface area contributed by atoms with Crippen LogP contribution in [0.4, 0.5) is 0 Å². The topological polar surface area (TPSA) is 36.9 Å². The van der Waals surface area contributed by atoms with Crippen LogP contribution in [0.5, 0.6) is 0 Å². The largest absolute Gasteiger partial charge is 0.347 e. The van der Waals surface area contributed by atoms with Gasteiger partial charge < -0.3 is 14.5 Å². The van der Waals surface area contributed by atoms with Crippen molar-refractivity contribution in [3.63, 3.8) is 0 Å². The van der Waals surface area contributed by atoms with Crippen molar-refractivity contribution in [1.29, 1.82) is 0 Å². The number of fused-ring (bicyclic) bond motifs is 2. The molecule has 0 bridgehead atoms. The van der Waals surface area contributed by atoms with E-state index in [0.717, 1.165) is 29.3 Å². The van der Waals surface area contributed by atoms with E-state index < -0.39 is 0 Å². The summed E-state index contributed by atoms with van der Waals surface area (Å²) < 4.78 is 2.42. The van der Waals surface area contributed by atoms with Gasteiger partial charge >= 0.3 is 0 Å². The molecular formula is C26H32N4. The third kappa shape index (κ3) is 3.89. The Morgan fingerprint density at radius 2 is 1.93 bits per heavy atom. The Bertz CT molecular complexity index is 1140. The molecule has 2 aromatic carbocycles. The first-order chi connectivity index (χ1) is 14.7. The first-order valence-corrected chi connectivity index (χ1v) is 11.4. The number of rotatable bonds is 6. The molecule has 4 nitrogen and oxygen atoms in total. The summed E-state index contributed by atoms with van der Waals surface area (Å²) in [6.45, 7) is 5.76. The lowest BCUT2D eigenvalue weighted by molar-refractivity contribution is 0.209. The Morgan fingerprint density at radius 3 is 2.80 bits per heavy atom. The highest BCUT2D eigenvalue weighted by Gasteiger charge is 2.16. The van der Waals surface area contributed by atoms with Crippen molar-refractivity contribution >= 4 is 21.9 Å². The van der Waals surface area contributed by atoms with E-state index in [9.17, 15) is 0 Å². The normalized spacial score (nSPS) is 16.1. The Labute approximate surface area is 178 Å². The van der Waals surface area contributed by atoms with Gasteiger partial charge in [0.25, 0.3) is 0 Å². The molecule has 1 aliphatic rings. The number of aryl methyl sites for hydroxylation is 2. The Hall–Kier alpha value is -2.59. The predicted octanol–water partition coefficient (Wildman–Crippen LogP) is 6.01. The summed E-state index contributed by atoms with van der Waals surface area (Å²) in [4.78, 5) is 10.8. The van der Waals surface area contributed by atoms with Crippen LogP contribution in [-0.4, -0.2) is 39.6 Å². The van der Waals surface area contributed by atoms with Crippen molar-refractivity contribution < 1.29 is 0 Å². The van der Waals surface area contributed by atoms with Crippen molar-refractivity contribution in [2.24, 2.45) is 5.92 Å². The molecule has 0 spiro atoms. The zero-order valence-corrected chi connectivity index (χ0v) is 18.2. The number of imidazole rings is 1. The van der Waals surface area contributed by atoms with Gasteiger partial charge in [-0.05, 0) is 82.1 Å². The maximum atomic E-state index is 4.85. The van der Waals surface area contributed by atoms with Crippen LogP contribution in [0.2, 0.25) is 0 Å². The maximum Gasteiger partial charge on any atom is 0.139 e. The number of nitrogens with one attached hydrogen (secondary N) is 1. The third-order valence-electron chi connectivity index (χ3n) is 6.81. The van der Waals surface area contributed by atoms with Gasteiger partial charge in [0.1, 0.15) is 5.82 Å². The van der Waals surface area contributed by atoms with E-state index in [1.54, 1.807) is 0 Å². The molecule has 3 heterocycles. The number of aromatic nitrogens is 3. The fourth-order valence-corrected chi connectivity index (χ4v) is 4.94. The zero-order valence-electron chi connectivity index (χ0n) is 18.2. The summed E-state index contributed by atoms with van der Waals surface area (Å²) >= 11 is 0. The fraction of sp³-hybridized carbons (Fsp3) is 0.423. The van der Waals surface area contributed by atoms with Crippen LogP contribution in [0.25, 0.3) is 33.3 Å².